The maximum Gasteiger partial charge on any atom is 0.118 e. The number of hydrogen-bond acceptors (Lipinski definition) is 1. The van der Waals surface area contributed by atoms with Crippen LogP contribution in [-0.2, 0) is 0 Å². The number of benzene rings is 1. The molecule has 1 heteroatoms. The smallest absolute Gasteiger partial charge is 0.118 e. The molecule has 86 valence electrons. The standard InChI is InChI=1S/C15H20O/c1-12(2)13(3)6-5-7-14-8-10-15(16-4)11-9-14/h5,7-11H,6H2,1-4H3/b7-5+. The fourth-order valence-corrected chi connectivity index (χ4v) is 1.29. The predicted molar refractivity (Wildman–Crippen MR) is 70.7 cm³/mol. The van der Waals surface area contributed by atoms with Gasteiger partial charge in [-0.2, -0.15) is 0 Å². The van der Waals surface area contributed by atoms with Crippen LogP contribution < -0.4 is 4.74 Å². The van der Waals surface area contributed by atoms with Crippen LogP contribution in [0.25, 0.3) is 6.08 Å². The Morgan fingerprint density at radius 3 is 2.25 bits per heavy atom. The fraction of sp³-hybridized carbons (Fsp3) is 0.333. The van der Waals surface area contributed by atoms with Crippen LogP contribution in [-0.4, -0.2) is 7.11 Å². The number of rotatable bonds is 4. The fourth-order valence-electron chi connectivity index (χ4n) is 1.29. The summed E-state index contributed by atoms with van der Waals surface area (Å²) in [4.78, 5) is 0. The van der Waals surface area contributed by atoms with Gasteiger partial charge >= 0.3 is 0 Å². The van der Waals surface area contributed by atoms with Crippen LogP contribution in [0.5, 0.6) is 5.75 Å². The molecule has 0 atom stereocenters. The van der Waals surface area contributed by atoms with E-state index < -0.39 is 0 Å². The number of hydrogen-bond donors (Lipinski definition) is 0. The lowest BCUT2D eigenvalue weighted by Crippen LogP contribution is -1.81. The van der Waals surface area contributed by atoms with Crippen LogP contribution in [0, 0.1) is 0 Å². The first-order valence-electron chi connectivity index (χ1n) is 5.57. The third-order valence-corrected chi connectivity index (χ3v) is 2.70. The molecule has 1 aromatic carbocycles. The van der Waals surface area contributed by atoms with Crippen molar-refractivity contribution in [3.63, 3.8) is 0 Å². The van der Waals surface area contributed by atoms with Crippen LogP contribution >= 0.6 is 0 Å². The van der Waals surface area contributed by atoms with E-state index >= 15 is 0 Å². The van der Waals surface area contributed by atoms with E-state index in [-0.39, 0.29) is 0 Å². The van der Waals surface area contributed by atoms with Gasteiger partial charge in [0.15, 0.2) is 0 Å². The zero-order valence-electron chi connectivity index (χ0n) is 10.6. The minimum atomic E-state index is 0.901. The van der Waals surface area contributed by atoms with Gasteiger partial charge in [0.05, 0.1) is 7.11 Å². The Morgan fingerprint density at radius 2 is 1.75 bits per heavy atom. The molecule has 16 heavy (non-hydrogen) atoms. The molecule has 0 fully saturated rings. The molecule has 1 nitrogen and oxygen atoms in total. The average molecular weight is 216 g/mol. The van der Waals surface area contributed by atoms with Gasteiger partial charge in [-0.3, -0.25) is 0 Å². The maximum atomic E-state index is 5.11. The van der Waals surface area contributed by atoms with Crippen LogP contribution in [0.1, 0.15) is 32.8 Å². The molecule has 0 aliphatic heterocycles. The third-order valence-electron chi connectivity index (χ3n) is 2.70. The largest absolute Gasteiger partial charge is 0.497 e. The Bertz CT molecular complexity index is 378. The highest BCUT2D eigenvalue weighted by atomic mass is 16.5. The third kappa shape index (κ3) is 3.93. The minimum Gasteiger partial charge on any atom is -0.497 e. The van der Waals surface area contributed by atoms with Gasteiger partial charge in [0.1, 0.15) is 5.75 Å². The number of methoxy groups -OCH3 is 1. The molecule has 0 amide bonds. The van der Waals surface area contributed by atoms with Crippen molar-refractivity contribution < 1.29 is 4.74 Å². The summed E-state index contributed by atoms with van der Waals surface area (Å²) < 4.78 is 5.11. The second-order valence-electron chi connectivity index (χ2n) is 4.16. The second-order valence-corrected chi connectivity index (χ2v) is 4.16. The Hall–Kier alpha value is -1.50. The summed E-state index contributed by atoms with van der Waals surface area (Å²) in [5.41, 5.74) is 4.05. The van der Waals surface area contributed by atoms with Crippen LogP contribution in [0.4, 0.5) is 0 Å². The molecular formula is C15H20O. The van der Waals surface area contributed by atoms with Gasteiger partial charge in [-0.25, -0.2) is 0 Å². The highest BCUT2D eigenvalue weighted by molar-refractivity contribution is 5.50. The van der Waals surface area contributed by atoms with Crippen molar-refractivity contribution in [2.45, 2.75) is 27.2 Å². The number of ether oxygens (including phenoxy) is 1. The summed E-state index contributed by atoms with van der Waals surface area (Å²) in [5.74, 6) is 0.901. The summed E-state index contributed by atoms with van der Waals surface area (Å²) in [6, 6.07) is 8.08. The molecular weight excluding hydrogens is 196 g/mol. The molecule has 0 heterocycles. The van der Waals surface area contributed by atoms with Gasteiger partial charge in [-0.15, -0.1) is 0 Å². The molecule has 0 unspecified atom stereocenters. The molecule has 0 spiro atoms. The Kier molecular flexibility index (Phi) is 4.84. The average Bonchev–Trinajstić information content (AvgIpc) is 2.29. The molecule has 0 aromatic heterocycles. The lowest BCUT2D eigenvalue weighted by Gasteiger charge is -2.00. The van der Waals surface area contributed by atoms with Crippen molar-refractivity contribution >= 4 is 6.08 Å². The number of allylic oxidation sites excluding steroid dienone is 3. The van der Waals surface area contributed by atoms with Gasteiger partial charge in [-0.05, 0) is 44.9 Å². The van der Waals surface area contributed by atoms with Gasteiger partial charge < -0.3 is 4.74 Å². The molecule has 0 saturated heterocycles. The zero-order chi connectivity index (χ0) is 12.0. The molecule has 0 bridgehead atoms. The predicted octanol–water partition coefficient (Wildman–Crippen LogP) is 4.45. The molecule has 0 N–H and O–H groups in total. The van der Waals surface area contributed by atoms with Gasteiger partial charge in [0.25, 0.3) is 0 Å². The van der Waals surface area contributed by atoms with Crippen molar-refractivity contribution in [3.8, 4) is 5.75 Å². The first-order chi connectivity index (χ1) is 7.63. The lowest BCUT2D eigenvalue weighted by molar-refractivity contribution is 0.415. The van der Waals surface area contributed by atoms with Crippen LogP contribution in [0.15, 0.2) is 41.5 Å². The van der Waals surface area contributed by atoms with Crippen LogP contribution in [0.3, 0.4) is 0 Å². The Labute approximate surface area is 98.5 Å². The van der Waals surface area contributed by atoms with Gasteiger partial charge in [0.2, 0.25) is 0 Å². The van der Waals surface area contributed by atoms with Gasteiger partial charge in [0, 0.05) is 0 Å². The van der Waals surface area contributed by atoms with E-state index in [1.807, 2.05) is 12.1 Å². The van der Waals surface area contributed by atoms with Gasteiger partial charge in [-0.1, -0.05) is 35.4 Å². The van der Waals surface area contributed by atoms with Crippen molar-refractivity contribution in [1.82, 2.24) is 0 Å². The Morgan fingerprint density at radius 1 is 1.12 bits per heavy atom. The van der Waals surface area contributed by atoms with E-state index in [0.29, 0.717) is 0 Å². The van der Waals surface area contributed by atoms with E-state index in [2.05, 4.69) is 45.1 Å². The highest BCUT2D eigenvalue weighted by Gasteiger charge is 1.91. The highest BCUT2D eigenvalue weighted by Crippen LogP contribution is 2.14. The maximum absolute atomic E-state index is 5.11. The van der Waals surface area contributed by atoms with E-state index in [9.17, 15) is 0 Å². The van der Waals surface area contributed by atoms with E-state index in [1.165, 1.54) is 16.7 Å². The molecule has 0 saturated carbocycles. The molecule has 1 aromatic rings. The van der Waals surface area contributed by atoms with Crippen molar-refractivity contribution in [1.29, 1.82) is 0 Å². The summed E-state index contributed by atoms with van der Waals surface area (Å²) in [6.45, 7) is 6.47. The van der Waals surface area contributed by atoms with E-state index in [0.717, 1.165) is 12.2 Å². The summed E-state index contributed by atoms with van der Waals surface area (Å²) in [6.07, 6.45) is 5.37. The van der Waals surface area contributed by atoms with Crippen molar-refractivity contribution in [3.05, 3.63) is 47.1 Å². The quantitative estimate of drug-likeness (QED) is 0.675. The van der Waals surface area contributed by atoms with Crippen molar-refractivity contribution in [2.24, 2.45) is 0 Å². The topological polar surface area (TPSA) is 9.23 Å². The normalized spacial score (nSPS) is 10.5. The first-order valence-corrected chi connectivity index (χ1v) is 5.57. The molecule has 0 radical (unpaired) electrons. The molecule has 0 aliphatic rings. The van der Waals surface area contributed by atoms with E-state index in [4.69, 9.17) is 4.74 Å². The van der Waals surface area contributed by atoms with Crippen LogP contribution in [0.2, 0.25) is 0 Å². The van der Waals surface area contributed by atoms with E-state index in [1.54, 1.807) is 7.11 Å². The molecule has 0 aliphatic carbocycles. The lowest BCUT2D eigenvalue weighted by atomic mass is 10.1. The second kappa shape index (κ2) is 6.16. The molecule has 1 rings (SSSR count). The summed E-state index contributed by atoms with van der Waals surface area (Å²) in [5, 5.41) is 0. The SMILES string of the molecule is COc1ccc(/C=C/CC(C)=C(C)C)cc1. The summed E-state index contributed by atoms with van der Waals surface area (Å²) in [7, 11) is 1.68. The summed E-state index contributed by atoms with van der Waals surface area (Å²) >= 11 is 0. The minimum absolute atomic E-state index is 0.901. The zero-order valence-corrected chi connectivity index (χ0v) is 10.6. The first kappa shape index (κ1) is 12.6. The monoisotopic (exact) mass is 216 g/mol. The Balaban J connectivity index is 2.60. The van der Waals surface area contributed by atoms with Crippen molar-refractivity contribution in [2.75, 3.05) is 7.11 Å².